The van der Waals surface area contributed by atoms with E-state index in [1.165, 1.54) is 38.3 Å². The third-order valence-electron chi connectivity index (χ3n) is 4.28. The average Bonchev–Trinajstić information content (AvgIpc) is 2.76. The number of hydrogen-bond acceptors (Lipinski definition) is 10. The fourth-order valence-electron chi connectivity index (χ4n) is 2.74. The molecular weight excluding hydrogens is 482 g/mol. The zero-order valence-corrected chi connectivity index (χ0v) is 21.1. The molecule has 0 saturated carbocycles. The number of carbonyl (C=O) groups excluding carboxylic acids is 4. The van der Waals surface area contributed by atoms with Crippen LogP contribution in [0.25, 0.3) is 0 Å². The molecule has 13 heteroatoms. The Bertz CT molecular complexity index is 900. The Balaban J connectivity index is 2.63. The second-order valence-electron chi connectivity index (χ2n) is 8.41. The molecule has 35 heavy (non-hydrogen) atoms. The highest BCUT2D eigenvalue weighted by Gasteiger charge is 2.26. The fraction of sp³-hybridized carbons (Fsp3) is 0.545. The number of rotatable bonds is 11. The fourth-order valence-corrected chi connectivity index (χ4v) is 3.63. The van der Waals surface area contributed by atoms with Gasteiger partial charge in [-0.1, -0.05) is 11.8 Å². The molecule has 0 saturated heterocycles. The zero-order chi connectivity index (χ0) is 26.6. The molecule has 0 aliphatic rings. The van der Waals surface area contributed by atoms with E-state index in [4.69, 9.17) is 14.2 Å². The molecule has 0 bridgehead atoms. The van der Waals surface area contributed by atoms with Gasteiger partial charge >= 0.3 is 18.2 Å². The molecule has 0 radical (unpaired) electrons. The molecule has 2 unspecified atom stereocenters. The number of benzene rings is 1. The van der Waals surface area contributed by atoms with Gasteiger partial charge in [-0.2, -0.15) is 0 Å². The van der Waals surface area contributed by atoms with Crippen LogP contribution in [0.1, 0.15) is 46.1 Å². The van der Waals surface area contributed by atoms with Crippen molar-refractivity contribution in [1.82, 2.24) is 10.6 Å². The SMILES string of the molecule is COC(=O)C(CCC(CNC(=O)OCc1ccc([N+](=O)[O-])cc1)SC(C)=O)NC(=O)OC(C)(C)C. The van der Waals surface area contributed by atoms with Crippen LogP contribution in [0.2, 0.25) is 0 Å². The Morgan fingerprint density at radius 3 is 2.23 bits per heavy atom. The first-order chi connectivity index (χ1) is 16.3. The Morgan fingerprint density at radius 2 is 1.71 bits per heavy atom. The van der Waals surface area contributed by atoms with Crippen LogP contribution < -0.4 is 10.6 Å². The quantitative estimate of drug-likeness (QED) is 0.194. The number of nitro groups is 1. The van der Waals surface area contributed by atoms with E-state index in [1.54, 1.807) is 20.8 Å². The average molecular weight is 514 g/mol. The number of ether oxygens (including phenoxy) is 3. The number of nitrogens with zero attached hydrogens (tertiary/aromatic N) is 1. The topological polar surface area (TPSA) is 163 Å². The molecule has 0 aliphatic carbocycles. The van der Waals surface area contributed by atoms with E-state index in [9.17, 15) is 29.3 Å². The smallest absolute Gasteiger partial charge is 0.408 e. The molecular formula is C22H31N3O9S. The predicted octanol–water partition coefficient (Wildman–Crippen LogP) is 3.32. The van der Waals surface area contributed by atoms with Gasteiger partial charge in [0.25, 0.3) is 5.69 Å². The van der Waals surface area contributed by atoms with Crippen LogP contribution in [0.4, 0.5) is 15.3 Å². The minimum absolute atomic E-state index is 0.0592. The van der Waals surface area contributed by atoms with Gasteiger partial charge in [0.15, 0.2) is 5.12 Å². The number of nitrogens with one attached hydrogen (secondary N) is 2. The van der Waals surface area contributed by atoms with Gasteiger partial charge in [-0.15, -0.1) is 0 Å². The lowest BCUT2D eigenvalue weighted by atomic mass is 10.1. The number of carbonyl (C=O) groups is 4. The number of thioether (sulfide) groups is 1. The molecule has 2 N–H and O–H groups in total. The van der Waals surface area contributed by atoms with E-state index in [0.29, 0.717) is 5.56 Å². The Labute approximate surface area is 207 Å². The third-order valence-corrected chi connectivity index (χ3v) is 5.35. The summed E-state index contributed by atoms with van der Waals surface area (Å²) in [4.78, 5) is 58.0. The molecule has 1 aromatic rings. The summed E-state index contributed by atoms with van der Waals surface area (Å²) in [5, 5.41) is 15.1. The van der Waals surface area contributed by atoms with Crippen LogP contribution in [-0.4, -0.2) is 58.7 Å². The lowest BCUT2D eigenvalue weighted by Crippen LogP contribution is -2.44. The molecule has 2 atom stereocenters. The highest BCUT2D eigenvalue weighted by atomic mass is 32.2. The standard InChI is InChI=1S/C22H31N3O9S/c1-14(26)35-17(10-11-18(19(27)32-5)24-21(29)34-22(2,3)4)12-23-20(28)33-13-15-6-8-16(9-7-15)25(30)31/h6-9,17-18H,10-13H2,1-5H3,(H,23,28)(H,24,29). The summed E-state index contributed by atoms with van der Waals surface area (Å²) in [6, 6.07) is 4.56. The summed E-state index contributed by atoms with van der Waals surface area (Å²) in [5.41, 5.74) is -0.264. The van der Waals surface area contributed by atoms with Crippen LogP contribution in [0.3, 0.4) is 0 Å². The van der Waals surface area contributed by atoms with E-state index in [-0.39, 0.29) is 36.8 Å². The summed E-state index contributed by atoms with van der Waals surface area (Å²) in [7, 11) is 1.19. The summed E-state index contributed by atoms with van der Waals surface area (Å²) in [6.07, 6.45) is -1.11. The summed E-state index contributed by atoms with van der Waals surface area (Å²) in [5.74, 6) is -0.669. The van der Waals surface area contributed by atoms with Crippen LogP contribution in [0.15, 0.2) is 24.3 Å². The summed E-state index contributed by atoms with van der Waals surface area (Å²) >= 11 is 0.981. The van der Waals surface area contributed by atoms with E-state index >= 15 is 0 Å². The van der Waals surface area contributed by atoms with Crippen LogP contribution >= 0.6 is 11.8 Å². The van der Waals surface area contributed by atoms with Crippen LogP contribution in [0, 0.1) is 10.1 Å². The van der Waals surface area contributed by atoms with Gasteiger partial charge in [0.05, 0.1) is 12.0 Å². The molecule has 0 aliphatic heterocycles. The number of alkyl carbamates (subject to hydrolysis) is 2. The first kappa shape index (κ1) is 29.7. The first-order valence-corrected chi connectivity index (χ1v) is 11.6. The lowest BCUT2D eigenvalue weighted by Gasteiger charge is -2.23. The van der Waals surface area contributed by atoms with E-state index in [2.05, 4.69) is 10.6 Å². The molecule has 1 rings (SSSR count). The van der Waals surface area contributed by atoms with Crippen molar-refractivity contribution >= 4 is 40.7 Å². The minimum atomic E-state index is -1.00. The molecule has 194 valence electrons. The Morgan fingerprint density at radius 1 is 1.09 bits per heavy atom. The largest absolute Gasteiger partial charge is 0.467 e. The molecule has 0 heterocycles. The van der Waals surface area contributed by atoms with Crippen molar-refractivity contribution in [2.75, 3.05) is 13.7 Å². The van der Waals surface area contributed by atoms with Gasteiger partial charge in [-0.25, -0.2) is 14.4 Å². The number of nitro benzene ring substituents is 1. The highest BCUT2D eigenvalue weighted by molar-refractivity contribution is 8.14. The van der Waals surface area contributed by atoms with Crippen molar-refractivity contribution in [3.05, 3.63) is 39.9 Å². The van der Waals surface area contributed by atoms with Crippen molar-refractivity contribution in [1.29, 1.82) is 0 Å². The maximum atomic E-state index is 12.1. The zero-order valence-electron chi connectivity index (χ0n) is 20.3. The lowest BCUT2D eigenvalue weighted by molar-refractivity contribution is -0.384. The number of hydrogen-bond donors (Lipinski definition) is 2. The van der Waals surface area contributed by atoms with Gasteiger partial charge < -0.3 is 24.8 Å². The maximum Gasteiger partial charge on any atom is 0.408 e. The third kappa shape index (κ3) is 12.6. The van der Waals surface area contributed by atoms with E-state index in [1.807, 2.05) is 0 Å². The molecule has 0 aromatic heterocycles. The first-order valence-electron chi connectivity index (χ1n) is 10.7. The summed E-state index contributed by atoms with van der Waals surface area (Å²) < 4.78 is 15.0. The van der Waals surface area contributed by atoms with Crippen LogP contribution in [0.5, 0.6) is 0 Å². The monoisotopic (exact) mass is 513 g/mol. The van der Waals surface area contributed by atoms with Gasteiger partial charge in [-0.05, 0) is 51.3 Å². The second kappa shape index (κ2) is 14.1. The molecule has 2 amide bonds. The number of esters is 1. The van der Waals surface area contributed by atoms with Gasteiger partial charge in [0.2, 0.25) is 0 Å². The normalized spacial score (nSPS) is 12.6. The second-order valence-corrected chi connectivity index (χ2v) is 9.89. The number of non-ortho nitro benzene ring substituents is 1. The molecule has 0 fully saturated rings. The van der Waals surface area contributed by atoms with Gasteiger partial charge in [0.1, 0.15) is 18.2 Å². The van der Waals surface area contributed by atoms with E-state index < -0.39 is 40.0 Å². The predicted molar refractivity (Wildman–Crippen MR) is 128 cm³/mol. The van der Waals surface area contributed by atoms with Crippen molar-refractivity contribution in [3.63, 3.8) is 0 Å². The van der Waals surface area contributed by atoms with Crippen LogP contribution in [-0.2, 0) is 30.4 Å². The maximum absolute atomic E-state index is 12.1. The Kier molecular flexibility index (Phi) is 12.0. The van der Waals surface area contributed by atoms with Crippen molar-refractivity contribution in [2.45, 2.75) is 64.0 Å². The molecule has 0 spiro atoms. The summed E-state index contributed by atoms with van der Waals surface area (Å²) in [6.45, 7) is 6.40. The van der Waals surface area contributed by atoms with Crippen molar-refractivity contribution in [2.24, 2.45) is 0 Å². The number of amides is 2. The molecule has 12 nitrogen and oxygen atoms in total. The Hall–Kier alpha value is -3.35. The van der Waals surface area contributed by atoms with Gasteiger partial charge in [0, 0.05) is 30.9 Å². The van der Waals surface area contributed by atoms with Gasteiger partial charge in [-0.3, -0.25) is 14.9 Å². The number of methoxy groups -OCH3 is 1. The van der Waals surface area contributed by atoms with Crippen molar-refractivity contribution < 1.29 is 38.3 Å². The van der Waals surface area contributed by atoms with E-state index in [0.717, 1.165) is 11.8 Å². The minimum Gasteiger partial charge on any atom is -0.467 e. The molecule has 1 aromatic carbocycles. The highest BCUT2D eigenvalue weighted by Crippen LogP contribution is 2.19. The van der Waals surface area contributed by atoms with Crippen molar-refractivity contribution in [3.8, 4) is 0 Å².